The molecule has 0 saturated heterocycles. The average molecular weight is 196 g/mol. The smallest absolute Gasteiger partial charge is 0.0409 e. The van der Waals surface area contributed by atoms with E-state index in [-0.39, 0.29) is 0 Å². The van der Waals surface area contributed by atoms with E-state index in [0.717, 1.165) is 17.8 Å². The summed E-state index contributed by atoms with van der Waals surface area (Å²) in [5, 5.41) is 0. The zero-order valence-electron chi connectivity index (χ0n) is 10.4. The first-order valence-electron chi connectivity index (χ1n) is 6.76. The van der Waals surface area contributed by atoms with E-state index in [1.54, 1.807) is 0 Å². The van der Waals surface area contributed by atoms with Gasteiger partial charge in [-0.15, -0.1) is 0 Å². The van der Waals surface area contributed by atoms with Crippen molar-refractivity contribution in [3.8, 4) is 0 Å². The molecular formula is C14H28. The lowest BCUT2D eigenvalue weighted by molar-refractivity contribution is 0.329. The van der Waals surface area contributed by atoms with E-state index in [1.165, 1.54) is 51.4 Å². The fourth-order valence-corrected chi connectivity index (χ4v) is 3.21. The maximum absolute atomic E-state index is 2.46. The minimum atomic E-state index is 0.994. The zero-order valence-corrected chi connectivity index (χ0v) is 10.4. The Morgan fingerprint density at radius 3 is 2.14 bits per heavy atom. The summed E-state index contributed by atoms with van der Waals surface area (Å²) in [6.45, 7) is 7.13. The predicted molar refractivity (Wildman–Crippen MR) is 64.4 cm³/mol. The number of rotatable bonds is 4. The molecule has 14 heavy (non-hydrogen) atoms. The summed E-state index contributed by atoms with van der Waals surface area (Å²) >= 11 is 0. The molecule has 84 valence electrons. The van der Waals surface area contributed by atoms with Crippen LogP contribution in [-0.2, 0) is 0 Å². The van der Waals surface area contributed by atoms with Gasteiger partial charge in [0.2, 0.25) is 0 Å². The quantitative estimate of drug-likeness (QED) is 0.553. The molecule has 3 unspecified atom stereocenters. The Morgan fingerprint density at radius 1 is 0.857 bits per heavy atom. The van der Waals surface area contributed by atoms with Crippen molar-refractivity contribution in [2.24, 2.45) is 17.8 Å². The molecule has 0 aliphatic heterocycles. The van der Waals surface area contributed by atoms with Crippen molar-refractivity contribution in [1.82, 2.24) is 0 Å². The molecule has 0 heteroatoms. The molecule has 0 bridgehead atoms. The van der Waals surface area contributed by atoms with Crippen LogP contribution in [0.4, 0.5) is 0 Å². The molecule has 1 fully saturated rings. The van der Waals surface area contributed by atoms with Crippen LogP contribution in [0.15, 0.2) is 0 Å². The average Bonchev–Trinajstić information content (AvgIpc) is 2.30. The number of hydrogen-bond acceptors (Lipinski definition) is 0. The van der Waals surface area contributed by atoms with E-state index in [9.17, 15) is 0 Å². The van der Waals surface area contributed by atoms with Gasteiger partial charge < -0.3 is 0 Å². The van der Waals surface area contributed by atoms with Crippen LogP contribution in [0.2, 0.25) is 0 Å². The van der Waals surface area contributed by atoms with Crippen molar-refractivity contribution < 1.29 is 0 Å². The molecule has 3 atom stereocenters. The third kappa shape index (κ3) is 4.02. The van der Waals surface area contributed by atoms with Gasteiger partial charge in [-0.3, -0.25) is 0 Å². The van der Waals surface area contributed by atoms with Crippen molar-refractivity contribution in [1.29, 1.82) is 0 Å². The van der Waals surface area contributed by atoms with Gasteiger partial charge in [-0.25, -0.2) is 0 Å². The maximum atomic E-state index is 2.46. The Labute approximate surface area is 90.5 Å². The Bertz CT molecular complexity index is 139. The van der Waals surface area contributed by atoms with E-state index in [1.807, 2.05) is 0 Å². The van der Waals surface area contributed by atoms with Crippen LogP contribution in [-0.4, -0.2) is 0 Å². The van der Waals surface area contributed by atoms with Crippen LogP contribution in [0.3, 0.4) is 0 Å². The lowest BCUT2D eigenvalue weighted by atomic mass is 9.87. The molecule has 0 N–H and O–H groups in total. The molecule has 0 aromatic heterocycles. The monoisotopic (exact) mass is 196 g/mol. The molecule has 1 rings (SSSR count). The summed E-state index contributed by atoms with van der Waals surface area (Å²) in [6.07, 6.45) is 11.8. The highest BCUT2D eigenvalue weighted by molar-refractivity contribution is 4.74. The lowest BCUT2D eigenvalue weighted by Gasteiger charge is -2.19. The summed E-state index contributed by atoms with van der Waals surface area (Å²) in [5.41, 5.74) is 0. The van der Waals surface area contributed by atoms with Crippen molar-refractivity contribution in [2.45, 2.75) is 72.1 Å². The van der Waals surface area contributed by atoms with Gasteiger partial charge in [0.05, 0.1) is 0 Å². The minimum absolute atomic E-state index is 0.994. The Hall–Kier alpha value is 0. The molecule has 0 aromatic carbocycles. The van der Waals surface area contributed by atoms with E-state index < -0.39 is 0 Å². The van der Waals surface area contributed by atoms with Gasteiger partial charge in [-0.2, -0.15) is 0 Å². The fraction of sp³-hybridized carbons (Fsp3) is 1.00. The molecule has 0 amide bonds. The standard InChI is InChI=1S/C14H28/c1-4-6-13-9-8-12(3)10-14(11-13)7-5-2/h12-14H,4-11H2,1-3H3. The van der Waals surface area contributed by atoms with E-state index in [0.29, 0.717) is 0 Å². The van der Waals surface area contributed by atoms with Crippen molar-refractivity contribution in [3.05, 3.63) is 0 Å². The second-order valence-corrected chi connectivity index (χ2v) is 5.46. The first-order valence-corrected chi connectivity index (χ1v) is 6.76. The predicted octanol–water partition coefficient (Wildman–Crippen LogP) is 5.03. The van der Waals surface area contributed by atoms with Crippen molar-refractivity contribution in [3.63, 3.8) is 0 Å². The minimum Gasteiger partial charge on any atom is -0.0654 e. The molecule has 0 heterocycles. The van der Waals surface area contributed by atoms with Gasteiger partial charge in [0.25, 0.3) is 0 Å². The van der Waals surface area contributed by atoms with Crippen LogP contribution in [0.1, 0.15) is 72.1 Å². The number of hydrogen-bond donors (Lipinski definition) is 0. The molecule has 0 nitrogen and oxygen atoms in total. The highest BCUT2D eigenvalue weighted by Crippen LogP contribution is 2.35. The van der Waals surface area contributed by atoms with Crippen molar-refractivity contribution in [2.75, 3.05) is 0 Å². The van der Waals surface area contributed by atoms with Crippen LogP contribution in [0, 0.1) is 17.8 Å². The van der Waals surface area contributed by atoms with E-state index in [4.69, 9.17) is 0 Å². The molecule has 0 aromatic rings. The van der Waals surface area contributed by atoms with Crippen LogP contribution in [0.25, 0.3) is 0 Å². The Morgan fingerprint density at radius 2 is 1.50 bits per heavy atom. The molecule has 1 aliphatic carbocycles. The Kier molecular flexibility index (Phi) is 5.59. The van der Waals surface area contributed by atoms with Gasteiger partial charge in [0.15, 0.2) is 0 Å². The summed E-state index contributed by atoms with van der Waals surface area (Å²) in [7, 11) is 0. The molecule has 1 saturated carbocycles. The normalized spacial score (nSPS) is 34.1. The highest BCUT2D eigenvalue weighted by atomic mass is 14.3. The van der Waals surface area contributed by atoms with E-state index in [2.05, 4.69) is 20.8 Å². The SMILES string of the molecule is CCCC1CCC(C)CC(CCC)C1. The summed E-state index contributed by atoms with van der Waals surface area (Å²) in [4.78, 5) is 0. The Balaban J connectivity index is 2.41. The van der Waals surface area contributed by atoms with Crippen LogP contribution < -0.4 is 0 Å². The van der Waals surface area contributed by atoms with Gasteiger partial charge in [-0.05, 0) is 30.6 Å². The molecule has 1 aliphatic rings. The largest absolute Gasteiger partial charge is 0.0654 e. The third-order valence-corrected chi connectivity index (χ3v) is 3.86. The highest BCUT2D eigenvalue weighted by Gasteiger charge is 2.22. The van der Waals surface area contributed by atoms with Gasteiger partial charge >= 0.3 is 0 Å². The topological polar surface area (TPSA) is 0 Å². The van der Waals surface area contributed by atoms with Crippen molar-refractivity contribution >= 4 is 0 Å². The van der Waals surface area contributed by atoms with E-state index >= 15 is 0 Å². The van der Waals surface area contributed by atoms with Gasteiger partial charge in [0, 0.05) is 0 Å². The van der Waals surface area contributed by atoms with Gasteiger partial charge in [0.1, 0.15) is 0 Å². The zero-order chi connectivity index (χ0) is 10.4. The third-order valence-electron chi connectivity index (χ3n) is 3.86. The summed E-state index contributed by atoms with van der Waals surface area (Å²) in [5.74, 6) is 3.10. The van der Waals surface area contributed by atoms with Gasteiger partial charge in [-0.1, -0.05) is 59.3 Å². The molecule has 0 radical (unpaired) electrons. The second-order valence-electron chi connectivity index (χ2n) is 5.46. The summed E-state index contributed by atoms with van der Waals surface area (Å²) < 4.78 is 0. The molecule has 0 spiro atoms. The van der Waals surface area contributed by atoms with Crippen LogP contribution >= 0.6 is 0 Å². The van der Waals surface area contributed by atoms with Crippen LogP contribution in [0.5, 0.6) is 0 Å². The first kappa shape index (κ1) is 12.1. The molecular weight excluding hydrogens is 168 g/mol. The summed E-state index contributed by atoms with van der Waals surface area (Å²) in [6, 6.07) is 0. The second kappa shape index (κ2) is 6.48. The first-order chi connectivity index (χ1) is 6.76. The fourth-order valence-electron chi connectivity index (χ4n) is 3.21. The maximum Gasteiger partial charge on any atom is -0.0409 e. The lowest BCUT2D eigenvalue weighted by Crippen LogP contribution is -2.06.